The summed E-state index contributed by atoms with van der Waals surface area (Å²) in [6.07, 6.45) is 4.50. The van der Waals surface area contributed by atoms with Gasteiger partial charge in [-0.05, 0) is 52.2 Å². The van der Waals surface area contributed by atoms with Crippen molar-refractivity contribution in [1.82, 2.24) is 10.3 Å². The molecule has 1 heterocycles. The molecule has 5 heteroatoms. The molecule has 110 valence electrons. The summed E-state index contributed by atoms with van der Waals surface area (Å²) >= 11 is 3.40. The fourth-order valence-corrected chi connectivity index (χ4v) is 2.28. The van der Waals surface area contributed by atoms with E-state index in [1.165, 1.54) is 0 Å². The maximum Gasteiger partial charge on any atom is 0.251 e. The van der Waals surface area contributed by atoms with Gasteiger partial charge in [-0.1, -0.05) is 13.0 Å². The molecule has 1 aromatic heterocycles. The Morgan fingerprint density at radius 3 is 2.90 bits per heavy atom. The van der Waals surface area contributed by atoms with Crippen molar-refractivity contribution in [2.24, 2.45) is 0 Å². The molecule has 0 aliphatic carbocycles. The number of hydrogen-bond donors (Lipinski definition) is 2. The van der Waals surface area contributed by atoms with Crippen LogP contribution >= 0.6 is 15.9 Å². The summed E-state index contributed by atoms with van der Waals surface area (Å²) in [6, 6.07) is 9.51. The maximum absolute atomic E-state index is 11.9. The minimum Gasteiger partial charge on any atom is -0.381 e. The van der Waals surface area contributed by atoms with Gasteiger partial charge in [-0.25, -0.2) is 0 Å². The Hall–Kier alpha value is -1.88. The highest BCUT2D eigenvalue weighted by Crippen LogP contribution is 2.14. The van der Waals surface area contributed by atoms with E-state index in [4.69, 9.17) is 0 Å². The van der Waals surface area contributed by atoms with Gasteiger partial charge in [-0.15, -0.1) is 0 Å². The zero-order chi connectivity index (χ0) is 15.1. The molecule has 4 nitrogen and oxygen atoms in total. The van der Waals surface area contributed by atoms with E-state index in [0.29, 0.717) is 18.7 Å². The van der Waals surface area contributed by atoms with E-state index in [9.17, 15) is 4.79 Å². The van der Waals surface area contributed by atoms with Gasteiger partial charge < -0.3 is 10.6 Å². The van der Waals surface area contributed by atoms with Crippen molar-refractivity contribution >= 4 is 27.5 Å². The molecular weight excluding hydrogens is 330 g/mol. The highest BCUT2D eigenvalue weighted by molar-refractivity contribution is 9.10. The topological polar surface area (TPSA) is 54.0 Å². The second kappa shape index (κ2) is 7.78. The first kappa shape index (κ1) is 15.5. The quantitative estimate of drug-likeness (QED) is 0.839. The van der Waals surface area contributed by atoms with Crippen LogP contribution in [0, 0.1) is 0 Å². The van der Waals surface area contributed by atoms with Gasteiger partial charge in [0.2, 0.25) is 0 Å². The van der Waals surface area contributed by atoms with Gasteiger partial charge in [-0.3, -0.25) is 9.78 Å². The van der Waals surface area contributed by atoms with E-state index in [1.54, 1.807) is 6.20 Å². The molecule has 0 unspecified atom stereocenters. The first-order chi connectivity index (χ1) is 10.2. The molecule has 0 spiro atoms. The number of carbonyl (C=O) groups excluding carboxylic acids is 1. The summed E-state index contributed by atoms with van der Waals surface area (Å²) in [5, 5.41) is 6.17. The molecule has 2 aromatic rings. The van der Waals surface area contributed by atoms with Gasteiger partial charge in [0, 0.05) is 41.2 Å². The van der Waals surface area contributed by atoms with E-state index in [0.717, 1.165) is 22.1 Å². The second-order valence-corrected chi connectivity index (χ2v) is 5.62. The molecule has 1 aromatic carbocycles. The van der Waals surface area contributed by atoms with E-state index in [1.807, 2.05) is 43.5 Å². The fraction of sp³-hybridized carbons (Fsp3) is 0.250. The third-order valence-electron chi connectivity index (χ3n) is 2.92. The van der Waals surface area contributed by atoms with Gasteiger partial charge in [0.05, 0.1) is 0 Å². The molecule has 0 aliphatic rings. The predicted octanol–water partition coefficient (Wildman–Crippen LogP) is 3.60. The summed E-state index contributed by atoms with van der Waals surface area (Å²) in [4.78, 5) is 16.0. The first-order valence-corrected chi connectivity index (χ1v) is 7.70. The van der Waals surface area contributed by atoms with Crippen molar-refractivity contribution in [1.29, 1.82) is 0 Å². The van der Waals surface area contributed by atoms with Crippen LogP contribution in [0.4, 0.5) is 5.69 Å². The summed E-state index contributed by atoms with van der Waals surface area (Å²) in [6.45, 7) is 3.39. The van der Waals surface area contributed by atoms with Crippen molar-refractivity contribution in [2.45, 2.75) is 19.9 Å². The largest absolute Gasteiger partial charge is 0.381 e. The molecule has 0 radical (unpaired) electrons. The van der Waals surface area contributed by atoms with Gasteiger partial charge in [0.25, 0.3) is 5.91 Å². The number of benzene rings is 1. The Kier molecular flexibility index (Phi) is 5.75. The van der Waals surface area contributed by atoms with Crippen LogP contribution in [0.25, 0.3) is 0 Å². The highest BCUT2D eigenvalue weighted by atomic mass is 79.9. The Labute approximate surface area is 133 Å². The molecule has 2 rings (SSSR count). The number of nitrogens with zero attached hydrogens (tertiary/aromatic N) is 1. The average molecular weight is 348 g/mol. The summed E-state index contributed by atoms with van der Waals surface area (Å²) in [7, 11) is 0. The van der Waals surface area contributed by atoms with Crippen molar-refractivity contribution < 1.29 is 4.79 Å². The minimum atomic E-state index is -0.0374. The molecule has 0 bridgehead atoms. The maximum atomic E-state index is 11.9. The molecule has 0 aliphatic heterocycles. The van der Waals surface area contributed by atoms with Crippen LogP contribution in [0.2, 0.25) is 0 Å². The van der Waals surface area contributed by atoms with E-state index in [-0.39, 0.29) is 5.91 Å². The third kappa shape index (κ3) is 4.86. The highest BCUT2D eigenvalue weighted by Gasteiger charge is 2.05. The Bertz CT molecular complexity index is 616. The van der Waals surface area contributed by atoms with Crippen LogP contribution in [0.3, 0.4) is 0 Å². The fourth-order valence-electron chi connectivity index (χ4n) is 1.87. The van der Waals surface area contributed by atoms with Crippen LogP contribution in [0.15, 0.2) is 47.2 Å². The minimum absolute atomic E-state index is 0.0374. The van der Waals surface area contributed by atoms with Crippen molar-refractivity contribution in [3.05, 3.63) is 58.3 Å². The molecule has 0 saturated carbocycles. The number of nitrogens with one attached hydrogen (secondary N) is 2. The molecule has 0 saturated heterocycles. The van der Waals surface area contributed by atoms with Gasteiger partial charge in [0.1, 0.15) is 0 Å². The number of rotatable bonds is 6. The summed E-state index contributed by atoms with van der Waals surface area (Å²) in [5.74, 6) is -0.0374. The van der Waals surface area contributed by atoms with Crippen LogP contribution in [0.1, 0.15) is 29.3 Å². The molecule has 0 fully saturated rings. The lowest BCUT2D eigenvalue weighted by atomic mass is 10.2. The van der Waals surface area contributed by atoms with Crippen LogP contribution in [-0.4, -0.2) is 17.4 Å². The lowest BCUT2D eigenvalue weighted by Crippen LogP contribution is -2.23. The zero-order valence-corrected chi connectivity index (χ0v) is 13.5. The normalized spacial score (nSPS) is 10.2. The van der Waals surface area contributed by atoms with Gasteiger partial charge in [-0.2, -0.15) is 0 Å². The number of amides is 1. The number of anilines is 1. The lowest BCUT2D eigenvalue weighted by Gasteiger charge is -2.09. The predicted molar refractivity (Wildman–Crippen MR) is 88.3 cm³/mol. The monoisotopic (exact) mass is 347 g/mol. The number of halogens is 1. The number of pyridine rings is 1. The number of carbonyl (C=O) groups is 1. The molecule has 21 heavy (non-hydrogen) atoms. The van der Waals surface area contributed by atoms with E-state index in [2.05, 4.69) is 31.5 Å². The van der Waals surface area contributed by atoms with E-state index < -0.39 is 0 Å². The lowest BCUT2D eigenvalue weighted by molar-refractivity contribution is 0.0953. The summed E-state index contributed by atoms with van der Waals surface area (Å²) in [5.41, 5.74) is 2.66. The summed E-state index contributed by atoms with van der Waals surface area (Å²) < 4.78 is 0.953. The molecule has 1 amide bonds. The smallest absolute Gasteiger partial charge is 0.251 e. The van der Waals surface area contributed by atoms with Crippen molar-refractivity contribution in [2.75, 3.05) is 11.9 Å². The van der Waals surface area contributed by atoms with Gasteiger partial charge in [0.15, 0.2) is 0 Å². The first-order valence-electron chi connectivity index (χ1n) is 6.90. The number of aromatic nitrogens is 1. The second-order valence-electron chi connectivity index (χ2n) is 4.70. The van der Waals surface area contributed by atoms with Crippen LogP contribution in [0.5, 0.6) is 0 Å². The van der Waals surface area contributed by atoms with Crippen molar-refractivity contribution in [3.63, 3.8) is 0 Å². The molecule has 0 atom stereocenters. The zero-order valence-electron chi connectivity index (χ0n) is 11.9. The Morgan fingerprint density at radius 1 is 1.29 bits per heavy atom. The molecular formula is C16H18BrN3O. The molecule has 2 N–H and O–H groups in total. The van der Waals surface area contributed by atoms with Gasteiger partial charge >= 0.3 is 0 Å². The Morgan fingerprint density at radius 2 is 2.14 bits per heavy atom. The van der Waals surface area contributed by atoms with Crippen molar-refractivity contribution in [3.8, 4) is 0 Å². The van der Waals surface area contributed by atoms with Crippen LogP contribution < -0.4 is 10.6 Å². The van der Waals surface area contributed by atoms with E-state index >= 15 is 0 Å². The standard InChI is InChI=1S/C16H18BrN3O/c1-2-6-19-16(21)13-4-3-5-15(8-13)20-10-12-7-14(17)11-18-9-12/h3-5,7-9,11,20H,2,6,10H2,1H3,(H,19,21). The third-order valence-corrected chi connectivity index (χ3v) is 3.35. The SMILES string of the molecule is CCCNC(=O)c1cccc(NCc2cncc(Br)c2)c1. The average Bonchev–Trinajstić information content (AvgIpc) is 2.51. The number of hydrogen-bond acceptors (Lipinski definition) is 3. The van der Waals surface area contributed by atoms with Crippen LogP contribution in [-0.2, 0) is 6.54 Å². The Balaban J connectivity index is 1.99.